The molecule has 0 spiro atoms. The third-order valence-electron chi connectivity index (χ3n) is 1.35. The minimum atomic E-state index is -3.67. The number of azide groups is 1. The maximum absolute atomic E-state index is 10.8. The lowest BCUT2D eigenvalue weighted by atomic mass is 10.5. The highest BCUT2D eigenvalue weighted by Gasteiger charge is 2.22. The smallest absolute Gasteiger partial charge is 0.237 e. The summed E-state index contributed by atoms with van der Waals surface area (Å²) in [7, 11) is -3.67. The van der Waals surface area contributed by atoms with Crippen molar-refractivity contribution in [2.75, 3.05) is 25.6 Å². The summed E-state index contributed by atoms with van der Waals surface area (Å²) >= 11 is 0. The molecule has 1 fully saturated rings. The van der Waals surface area contributed by atoms with Crippen molar-refractivity contribution in [3.63, 3.8) is 0 Å². The molecule has 0 bridgehead atoms. The lowest BCUT2D eigenvalue weighted by Gasteiger charge is -1.98. The summed E-state index contributed by atoms with van der Waals surface area (Å²) in [6.07, 6.45) is 0.113. The highest BCUT2D eigenvalue weighted by Crippen LogP contribution is 2.08. The Morgan fingerprint density at radius 1 is 1.69 bits per heavy atom. The van der Waals surface area contributed by atoms with E-state index in [0.717, 1.165) is 0 Å². The third kappa shape index (κ3) is 4.69. The lowest BCUT2D eigenvalue weighted by Crippen LogP contribution is -2.11. The quantitative estimate of drug-likeness (QED) is 0.201. The molecule has 1 heterocycles. The maximum Gasteiger partial charge on any atom is 0.237 e. The van der Waals surface area contributed by atoms with Gasteiger partial charge in [0.2, 0.25) is 10.0 Å². The van der Waals surface area contributed by atoms with E-state index >= 15 is 0 Å². The monoisotopic (exact) mass is 207 g/mol. The molecule has 0 aromatic heterocycles. The van der Waals surface area contributed by atoms with E-state index in [1.807, 2.05) is 0 Å². The number of ether oxygens (including phenoxy) is 2. The molecule has 1 aliphatic heterocycles. The summed E-state index contributed by atoms with van der Waals surface area (Å²) in [6.45, 7) is 1.09. The van der Waals surface area contributed by atoms with Gasteiger partial charge in [0.05, 0.1) is 25.6 Å². The van der Waals surface area contributed by atoms with Crippen LogP contribution in [0.2, 0.25) is 0 Å². The molecule has 0 aliphatic carbocycles. The van der Waals surface area contributed by atoms with Crippen molar-refractivity contribution in [1.82, 2.24) is 0 Å². The summed E-state index contributed by atoms with van der Waals surface area (Å²) in [5.41, 5.74) is 7.87. The molecule has 1 aliphatic rings. The number of hydrogen-bond donors (Lipinski definition) is 0. The van der Waals surface area contributed by atoms with Crippen molar-refractivity contribution < 1.29 is 17.9 Å². The summed E-state index contributed by atoms with van der Waals surface area (Å²) in [4.78, 5) is 2.19. The van der Waals surface area contributed by atoms with Gasteiger partial charge in [-0.2, -0.15) is 0 Å². The zero-order valence-electron chi connectivity index (χ0n) is 6.79. The molecule has 13 heavy (non-hydrogen) atoms. The zero-order chi connectivity index (χ0) is 9.73. The molecule has 0 amide bonds. The molecule has 1 rings (SSSR count). The average molecular weight is 207 g/mol. The van der Waals surface area contributed by atoms with Gasteiger partial charge in [-0.1, -0.05) is 0 Å². The Balaban J connectivity index is 2.13. The van der Waals surface area contributed by atoms with Crippen LogP contribution in [0.1, 0.15) is 0 Å². The van der Waals surface area contributed by atoms with Crippen molar-refractivity contribution in [2.45, 2.75) is 6.10 Å². The number of sulfonamides is 1. The third-order valence-corrected chi connectivity index (χ3v) is 2.36. The fourth-order valence-corrected chi connectivity index (χ4v) is 1.16. The zero-order valence-corrected chi connectivity index (χ0v) is 7.61. The second kappa shape index (κ2) is 4.43. The fourth-order valence-electron chi connectivity index (χ4n) is 0.640. The van der Waals surface area contributed by atoms with Gasteiger partial charge in [0, 0.05) is 9.43 Å². The summed E-state index contributed by atoms with van der Waals surface area (Å²) in [5.74, 6) is -0.288. The van der Waals surface area contributed by atoms with Gasteiger partial charge < -0.3 is 9.47 Å². The molecule has 0 N–H and O–H groups in total. The van der Waals surface area contributed by atoms with Crippen molar-refractivity contribution >= 4 is 10.0 Å². The van der Waals surface area contributed by atoms with Crippen LogP contribution in [0.4, 0.5) is 0 Å². The molecule has 0 aromatic carbocycles. The standard InChI is InChI=1S/C5H9N3O4S/c6-7-8-13(9,10)2-1-11-3-5-4-12-5/h5H,1-4H2. The van der Waals surface area contributed by atoms with Crippen molar-refractivity contribution in [3.8, 4) is 0 Å². The van der Waals surface area contributed by atoms with E-state index in [-0.39, 0.29) is 18.5 Å². The second-order valence-corrected chi connectivity index (χ2v) is 4.22. The SMILES string of the molecule is [N-]=[N+]=NS(=O)(=O)CCOCC1CO1. The summed E-state index contributed by atoms with van der Waals surface area (Å²) in [5, 5.41) is 0. The van der Waals surface area contributed by atoms with Crippen LogP contribution in [0.5, 0.6) is 0 Å². The lowest BCUT2D eigenvalue weighted by molar-refractivity contribution is 0.129. The van der Waals surface area contributed by atoms with Crippen LogP contribution in [0.3, 0.4) is 0 Å². The van der Waals surface area contributed by atoms with E-state index in [1.165, 1.54) is 0 Å². The van der Waals surface area contributed by atoms with Crippen LogP contribution in [0, 0.1) is 0 Å². The Kier molecular flexibility index (Phi) is 3.49. The van der Waals surface area contributed by atoms with Gasteiger partial charge in [0.1, 0.15) is 6.10 Å². The fraction of sp³-hybridized carbons (Fsp3) is 1.00. The van der Waals surface area contributed by atoms with Gasteiger partial charge in [0.25, 0.3) is 0 Å². The van der Waals surface area contributed by atoms with E-state index in [4.69, 9.17) is 15.0 Å². The molecule has 1 saturated heterocycles. The highest BCUT2D eigenvalue weighted by atomic mass is 32.2. The summed E-state index contributed by atoms with van der Waals surface area (Å²) < 4.78 is 33.9. The van der Waals surface area contributed by atoms with Gasteiger partial charge in [-0.05, 0) is 5.53 Å². The van der Waals surface area contributed by atoms with Gasteiger partial charge in [-0.25, -0.2) is 8.42 Å². The molecule has 0 aromatic rings. The normalized spacial score (nSPS) is 20.8. The Bertz CT molecular complexity index is 304. The van der Waals surface area contributed by atoms with Gasteiger partial charge >= 0.3 is 0 Å². The predicted octanol–water partition coefficient (Wildman–Crippen LogP) is 0.0419. The van der Waals surface area contributed by atoms with E-state index in [0.29, 0.717) is 13.2 Å². The van der Waals surface area contributed by atoms with E-state index in [9.17, 15) is 8.42 Å². The number of rotatable bonds is 6. The number of epoxide rings is 1. The topological polar surface area (TPSA) is 105 Å². The van der Waals surface area contributed by atoms with Crippen LogP contribution in [-0.2, 0) is 19.5 Å². The first-order valence-electron chi connectivity index (χ1n) is 3.62. The maximum atomic E-state index is 10.8. The van der Waals surface area contributed by atoms with Crippen molar-refractivity contribution in [2.24, 2.45) is 4.52 Å². The van der Waals surface area contributed by atoms with Crippen molar-refractivity contribution in [1.29, 1.82) is 0 Å². The summed E-state index contributed by atoms with van der Waals surface area (Å²) in [6, 6.07) is 0. The molecule has 8 heteroatoms. The first-order valence-corrected chi connectivity index (χ1v) is 5.23. The first-order chi connectivity index (χ1) is 6.14. The Morgan fingerprint density at radius 3 is 2.92 bits per heavy atom. The van der Waals surface area contributed by atoms with E-state index in [1.54, 1.807) is 0 Å². The minimum absolute atomic E-state index is 0.0290. The molecule has 0 saturated carbocycles. The molecule has 7 nitrogen and oxygen atoms in total. The minimum Gasteiger partial charge on any atom is -0.378 e. The molecule has 0 radical (unpaired) electrons. The molecule has 1 unspecified atom stereocenters. The highest BCUT2D eigenvalue weighted by molar-refractivity contribution is 7.90. The number of hydrogen-bond acceptors (Lipinski definition) is 4. The van der Waals surface area contributed by atoms with Gasteiger partial charge in [-0.15, -0.1) is 0 Å². The van der Waals surface area contributed by atoms with E-state index < -0.39 is 10.0 Å². The largest absolute Gasteiger partial charge is 0.378 e. The van der Waals surface area contributed by atoms with Crippen LogP contribution >= 0.6 is 0 Å². The Labute approximate surface area is 75.3 Å². The average Bonchev–Trinajstić information content (AvgIpc) is 2.81. The van der Waals surface area contributed by atoms with Gasteiger partial charge in [-0.3, -0.25) is 0 Å². The first kappa shape index (κ1) is 10.3. The Hall–Kier alpha value is -0.820. The van der Waals surface area contributed by atoms with Crippen LogP contribution in [0.25, 0.3) is 10.4 Å². The second-order valence-electron chi connectivity index (χ2n) is 2.49. The molecule has 74 valence electrons. The van der Waals surface area contributed by atoms with Crippen LogP contribution in [-0.4, -0.2) is 40.1 Å². The predicted molar refractivity (Wildman–Crippen MR) is 43.5 cm³/mol. The molecular weight excluding hydrogens is 198 g/mol. The van der Waals surface area contributed by atoms with Gasteiger partial charge in [0.15, 0.2) is 0 Å². The molecule has 1 atom stereocenters. The van der Waals surface area contributed by atoms with E-state index in [2.05, 4.69) is 9.43 Å². The van der Waals surface area contributed by atoms with Crippen LogP contribution in [0.15, 0.2) is 4.52 Å². The van der Waals surface area contributed by atoms with Crippen LogP contribution < -0.4 is 0 Å². The van der Waals surface area contributed by atoms with Crippen molar-refractivity contribution in [3.05, 3.63) is 10.4 Å². The number of nitrogens with zero attached hydrogens (tertiary/aromatic N) is 3. The molecular formula is C5H9N3O4S. The Morgan fingerprint density at radius 2 is 2.38 bits per heavy atom.